The molecule has 0 atom stereocenters. The van der Waals surface area contributed by atoms with Crippen LogP contribution in [0.5, 0.6) is 0 Å². The van der Waals surface area contributed by atoms with Gasteiger partial charge in [-0.3, -0.25) is 4.79 Å². The Morgan fingerprint density at radius 1 is 1.53 bits per heavy atom. The first-order valence-electron chi connectivity index (χ1n) is 4.73. The summed E-state index contributed by atoms with van der Waals surface area (Å²) in [5.74, 6) is -0.380. The molecule has 0 saturated heterocycles. The number of hydrogen-bond donors (Lipinski definition) is 1. The van der Waals surface area contributed by atoms with E-state index in [-0.39, 0.29) is 11.1 Å². The van der Waals surface area contributed by atoms with Crippen molar-refractivity contribution in [3.05, 3.63) is 51.4 Å². The highest BCUT2D eigenvalue weighted by molar-refractivity contribution is 7.08. The van der Waals surface area contributed by atoms with E-state index >= 15 is 0 Å². The lowest BCUT2D eigenvalue weighted by Gasteiger charge is -2.00. The minimum absolute atomic E-state index is 0.163. The molecule has 0 saturated carbocycles. The lowest BCUT2D eigenvalue weighted by molar-refractivity contribution is 0.0955. The molecule has 1 amide bonds. The van der Waals surface area contributed by atoms with Gasteiger partial charge < -0.3 is 0 Å². The first kappa shape index (κ1) is 11.8. The lowest BCUT2D eigenvalue weighted by atomic mass is 10.3. The fraction of sp³-hybridized carbons (Fsp3) is 0. The molecule has 86 valence electrons. The highest BCUT2D eigenvalue weighted by Gasteiger charge is 2.08. The van der Waals surface area contributed by atoms with Crippen LogP contribution in [0, 0.1) is 0 Å². The minimum Gasteiger partial charge on any atom is -0.267 e. The van der Waals surface area contributed by atoms with Gasteiger partial charge in [-0.15, -0.1) is 0 Å². The number of halogens is 1. The lowest BCUT2D eigenvalue weighted by Crippen LogP contribution is -2.18. The van der Waals surface area contributed by atoms with E-state index < -0.39 is 0 Å². The summed E-state index contributed by atoms with van der Waals surface area (Å²) in [6.45, 7) is 0. The van der Waals surface area contributed by atoms with Crippen molar-refractivity contribution in [2.45, 2.75) is 0 Å². The predicted octanol–water partition coefficient (Wildman–Crippen LogP) is 2.56. The van der Waals surface area contributed by atoms with E-state index in [1.807, 2.05) is 16.8 Å². The van der Waals surface area contributed by atoms with Gasteiger partial charge in [-0.25, -0.2) is 10.4 Å². The van der Waals surface area contributed by atoms with Gasteiger partial charge >= 0.3 is 0 Å². The standard InChI is InChI=1S/C11H8ClN3OS/c12-10-9(2-1-4-13-10)11(16)15-14-6-8-3-5-17-7-8/h1-7H,(H,15,16). The topological polar surface area (TPSA) is 54.4 Å². The molecule has 17 heavy (non-hydrogen) atoms. The van der Waals surface area contributed by atoms with Gasteiger partial charge in [0, 0.05) is 11.8 Å². The highest BCUT2D eigenvalue weighted by atomic mass is 35.5. The van der Waals surface area contributed by atoms with Crippen LogP contribution in [0.4, 0.5) is 0 Å². The third kappa shape index (κ3) is 3.12. The van der Waals surface area contributed by atoms with Gasteiger partial charge in [0.05, 0.1) is 11.8 Å². The molecule has 0 spiro atoms. The van der Waals surface area contributed by atoms with Crippen LogP contribution >= 0.6 is 22.9 Å². The Balaban J connectivity index is 2.01. The maximum absolute atomic E-state index is 11.6. The van der Waals surface area contributed by atoms with E-state index in [1.54, 1.807) is 29.7 Å². The first-order chi connectivity index (χ1) is 8.27. The molecule has 2 heterocycles. The van der Waals surface area contributed by atoms with Crippen LogP contribution < -0.4 is 5.43 Å². The van der Waals surface area contributed by atoms with Gasteiger partial charge in [0.25, 0.3) is 5.91 Å². The van der Waals surface area contributed by atoms with Gasteiger partial charge in [-0.1, -0.05) is 11.6 Å². The molecule has 0 aliphatic heterocycles. The second-order valence-electron chi connectivity index (χ2n) is 3.10. The zero-order valence-electron chi connectivity index (χ0n) is 8.63. The molecule has 0 aliphatic rings. The maximum atomic E-state index is 11.6. The van der Waals surface area contributed by atoms with E-state index in [4.69, 9.17) is 11.6 Å². The fourth-order valence-corrected chi connectivity index (χ4v) is 1.95. The Morgan fingerprint density at radius 2 is 2.41 bits per heavy atom. The smallest absolute Gasteiger partial charge is 0.267 e. The summed E-state index contributed by atoms with van der Waals surface area (Å²) in [6.07, 6.45) is 3.09. The number of hydrogen-bond acceptors (Lipinski definition) is 4. The monoisotopic (exact) mass is 265 g/mol. The van der Waals surface area contributed by atoms with Crippen molar-refractivity contribution in [3.63, 3.8) is 0 Å². The van der Waals surface area contributed by atoms with Gasteiger partial charge in [-0.2, -0.15) is 16.4 Å². The quantitative estimate of drug-likeness (QED) is 0.527. The number of rotatable bonds is 3. The molecule has 0 aromatic carbocycles. The number of aromatic nitrogens is 1. The molecule has 0 radical (unpaired) electrons. The molecule has 4 nitrogen and oxygen atoms in total. The molecule has 2 rings (SSSR count). The molecule has 6 heteroatoms. The molecule has 0 aliphatic carbocycles. The summed E-state index contributed by atoms with van der Waals surface area (Å²) in [4.78, 5) is 15.5. The molecule has 2 aromatic rings. The number of hydrazone groups is 1. The van der Waals surface area contributed by atoms with E-state index in [1.165, 1.54) is 6.20 Å². The Morgan fingerprint density at radius 3 is 3.12 bits per heavy atom. The van der Waals surface area contributed by atoms with Crippen LogP contribution in [0.1, 0.15) is 15.9 Å². The molecule has 1 N–H and O–H groups in total. The number of carbonyl (C=O) groups is 1. The Hall–Kier alpha value is -1.72. The average Bonchev–Trinajstić information content (AvgIpc) is 2.82. The average molecular weight is 266 g/mol. The van der Waals surface area contributed by atoms with E-state index in [0.29, 0.717) is 5.56 Å². The first-order valence-corrected chi connectivity index (χ1v) is 6.05. The zero-order valence-corrected chi connectivity index (χ0v) is 10.2. The van der Waals surface area contributed by atoms with E-state index in [9.17, 15) is 4.79 Å². The summed E-state index contributed by atoms with van der Waals surface area (Å²) in [5, 5.41) is 7.84. The maximum Gasteiger partial charge on any atom is 0.274 e. The third-order valence-corrected chi connectivity index (χ3v) is 2.93. The van der Waals surface area contributed by atoms with Crippen molar-refractivity contribution in [2.75, 3.05) is 0 Å². The van der Waals surface area contributed by atoms with Gasteiger partial charge in [-0.05, 0) is 29.0 Å². The van der Waals surface area contributed by atoms with Crippen LogP contribution in [-0.2, 0) is 0 Å². The fourth-order valence-electron chi connectivity index (χ4n) is 1.13. The number of thiophene rings is 1. The van der Waals surface area contributed by atoms with Gasteiger partial charge in [0.15, 0.2) is 0 Å². The normalized spacial score (nSPS) is 10.6. The molecule has 2 aromatic heterocycles. The van der Waals surface area contributed by atoms with Crippen molar-refractivity contribution in [2.24, 2.45) is 5.10 Å². The predicted molar refractivity (Wildman–Crippen MR) is 68.6 cm³/mol. The van der Waals surface area contributed by atoms with Crippen molar-refractivity contribution >= 4 is 35.1 Å². The third-order valence-electron chi connectivity index (χ3n) is 1.93. The summed E-state index contributed by atoms with van der Waals surface area (Å²) >= 11 is 7.34. The number of carbonyl (C=O) groups excluding carboxylic acids is 1. The Kier molecular flexibility index (Phi) is 3.85. The van der Waals surface area contributed by atoms with Crippen LogP contribution in [-0.4, -0.2) is 17.1 Å². The molecular weight excluding hydrogens is 258 g/mol. The Bertz CT molecular complexity index is 539. The van der Waals surface area contributed by atoms with Crippen LogP contribution in [0.15, 0.2) is 40.3 Å². The molecule has 0 unspecified atom stereocenters. The van der Waals surface area contributed by atoms with Crippen molar-refractivity contribution in [3.8, 4) is 0 Å². The van der Waals surface area contributed by atoms with Gasteiger partial charge in [0.1, 0.15) is 5.15 Å². The largest absolute Gasteiger partial charge is 0.274 e. The second kappa shape index (κ2) is 5.56. The second-order valence-corrected chi connectivity index (χ2v) is 4.24. The number of amides is 1. The number of pyridine rings is 1. The van der Waals surface area contributed by atoms with Crippen molar-refractivity contribution in [1.82, 2.24) is 10.4 Å². The summed E-state index contributed by atoms with van der Waals surface area (Å²) in [7, 11) is 0. The SMILES string of the molecule is O=C(NN=Cc1ccsc1)c1cccnc1Cl. The number of nitrogens with one attached hydrogen (secondary N) is 1. The van der Waals surface area contributed by atoms with E-state index in [0.717, 1.165) is 5.56 Å². The van der Waals surface area contributed by atoms with Crippen molar-refractivity contribution < 1.29 is 4.79 Å². The zero-order chi connectivity index (χ0) is 12.1. The summed E-state index contributed by atoms with van der Waals surface area (Å²) < 4.78 is 0. The molecular formula is C11H8ClN3OS. The molecule has 0 fully saturated rings. The Labute approximate surface area is 107 Å². The van der Waals surface area contributed by atoms with Crippen LogP contribution in [0.25, 0.3) is 0 Å². The number of nitrogens with zero attached hydrogens (tertiary/aromatic N) is 2. The van der Waals surface area contributed by atoms with Crippen LogP contribution in [0.3, 0.4) is 0 Å². The summed E-state index contributed by atoms with van der Waals surface area (Å²) in [5.41, 5.74) is 3.63. The molecule has 0 bridgehead atoms. The van der Waals surface area contributed by atoms with Crippen LogP contribution in [0.2, 0.25) is 5.15 Å². The van der Waals surface area contributed by atoms with Crippen molar-refractivity contribution in [1.29, 1.82) is 0 Å². The van der Waals surface area contributed by atoms with Gasteiger partial charge in [0.2, 0.25) is 0 Å². The van der Waals surface area contributed by atoms with E-state index in [2.05, 4.69) is 15.5 Å². The highest BCUT2D eigenvalue weighted by Crippen LogP contribution is 2.10. The minimum atomic E-state index is -0.380. The summed E-state index contributed by atoms with van der Waals surface area (Å²) in [6, 6.07) is 5.13.